The van der Waals surface area contributed by atoms with Crippen molar-refractivity contribution in [2.24, 2.45) is 4.99 Å². The van der Waals surface area contributed by atoms with Crippen molar-refractivity contribution in [3.63, 3.8) is 0 Å². The first-order valence-corrected chi connectivity index (χ1v) is 6.98. The van der Waals surface area contributed by atoms with E-state index in [2.05, 4.69) is 80.2 Å². The van der Waals surface area contributed by atoms with E-state index in [4.69, 9.17) is 0 Å². The van der Waals surface area contributed by atoms with Crippen LogP contribution in [0, 0.1) is 13.8 Å². The molecule has 20 heavy (non-hydrogen) atoms. The molecule has 1 aliphatic rings. The van der Waals surface area contributed by atoms with E-state index in [1.807, 2.05) is 6.34 Å². The predicted molar refractivity (Wildman–Crippen MR) is 84.7 cm³/mol. The molecule has 0 N–H and O–H groups in total. The first kappa shape index (κ1) is 12.9. The smallest absolute Gasteiger partial charge is 0.0919 e. The maximum absolute atomic E-state index is 4.63. The summed E-state index contributed by atoms with van der Waals surface area (Å²) < 4.78 is 0. The maximum Gasteiger partial charge on any atom is 0.0919 e. The van der Waals surface area contributed by atoms with Crippen LogP contribution in [0.25, 0.3) is 0 Å². The van der Waals surface area contributed by atoms with Crippen LogP contribution >= 0.6 is 0 Å². The van der Waals surface area contributed by atoms with E-state index in [0.717, 1.165) is 5.69 Å². The lowest BCUT2D eigenvalue weighted by atomic mass is 9.79. The number of aliphatic imine (C=N–C) groups is 1. The van der Waals surface area contributed by atoms with Crippen LogP contribution in [-0.2, 0) is 5.54 Å². The highest BCUT2D eigenvalue weighted by Crippen LogP contribution is 2.44. The minimum absolute atomic E-state index is 0.172. The third-order valence-electron chi connectivity index (χ3n) is 4.50. The Hall–Kier alpha value is -2.09. The minimum Gasteiger partial charge on any atom is -0.352 e. The van der Waals surface area contributed by atoms with E-state index in [1.54, 1.807) is 0 Å². The zero-order valence-corrected chi connectivity index (χ0v) is 12.5. The van der Waals surface area contributed by atoms with Gasteiger partial charge in [-0.25, -0.2) is 4.99 Å². The highest BCUT2D eigenvalue weighted by molar-refractivity contribution is 5.73. The van der Waals surface area contributed by atoms with Crippen molar-refractivity contribution in [1.82, 2.24) is 4.90 Å². The molecule has 102 valence electrons. The van der Waals surface area contributed by atoms with Crippen LogP contribution in [0.15, 0.2) is 47.5 Å². The van der Waals surface area contributed by atoms with Gasteiger partial charge in [-0.3, -0.25) is 0 Å². The van der Waals surface area contributed by atoms with Gasteiger partial charge in [-0.05, 0) is 37.5 Å². The number of rotatable bonds is 1. The lowest BCUT2D eigenvalue weighted by molar-refractivity contribution is 0.291. The van der Waals surface area contributed by atoms with Crippen molar-refractivity contribution in [3.8, 4) is 0 Å². The number of benzene rings is 2. The molecule has 1 aliphatic heterocycles. The van der Waals surface area contributed by atoms with E-state index in [0.29, 0.717) is 0 Å². The van der Waals surface area contributed by atoms with Gasteiger partial charge < -0.3 is 4.90 Å². The lowest BCUT2D eigenvalue weighted by Crippen LogP contribution is -2.43. The zero-order valence-electron chi connectivity index (χ0n) is 12.5. The van der Waals surface area contributed by atoms with Gasteiger partial charge >= 0.3 is 0 Å². The summed E-state index contributed by atoms with van der Waals surface area (Å²) in [6.45, 7) is 6.58. The summed E-state index contributed by atoms with van der Waals surface area (Å²) in [5.74, 6) is 0. The van der Waals surface area contributed by atoms with Gasteiger partial charge in [0.2, 0.25) is 0 Å². The zero-order chi connectivity index (χ0) is 14.3. The highest BCUT2D eigenvalue weighted by atomic mass is 15.2. The van der Waals surface area contributed by atoms with E-state index in [1.165, 1.54) is 22.3 Å². The standard InChI is InChI=1S/C18H20N2/c1-13-8-5-6-10-15(13)18(3)16-11-7-9-14(2)17(16)19-12-20(18)4/h5-12H,1-4H3. The highest BCUT2D eigenvalue weighted by Gasteiger charge is 2.37. The number of aryl methyl sites for hydroxylation is 2. The van der Waals surface area contributed by atoms with Crippen LogP contribution in [0.3, 0.4) is 0 Å². The van der Waals surface area contributed by atoms with Crippen LogP contribution in [0.5, 0.6) is 0 Å². The Labute approximate surface area is 120 Å². The molecule has 0 aliphatic carbocycles. The topological polar surface area (TPSA) is 15.6 Å². The normalized spacial score (nSPS) is 20.9. The second-order valence-electron chi connectivity index (χ2n) is 5.71. The van der Waals surface area contributed by atoms with Crippen LogP contribution in [-0.4, -0.2) is 18.3 Å². The predicted octanol–water partition coefficient (Wildman–Crippen LogP) is 4.17. The molecule has 0 saturated carbocycles. The van der Waals surface area contributed by atoms with Gasteiger partial charge in [0, 0.05) is 12.6 Å². The molecule has 2 aromatic carbocycles. The van der Waals surface area contributed by atoms with Crippen molar-refractivity contribution in [2.75, 3.05) is 7.05 Å². The van der Waals surface area contributed by atoms with Gasteiger partial charge in [-0.2, -0.15) is 0 Å². The average Bonchev–Trinajstić information content (AvgIpc) is 2.44. The van der Waals surface area contributed by atoms with E-state index in [9.17, 15) is 0 Å². The molecule has 0 bridgehead atoms. The summed E-state index contributed by atoms with van der Waals surface area (Å²) in [5, 5.41) is 0. The van der Waals surface area contributed by atoms with Crippen LogP contribution < -0.4 is 0 Å². The third-order valence-corrected chi connectivity index (χ3v) is 4.50. The summed E-state index contributed by atoms with van der Waals surface area (Å²) in [7, 11) is 2.10. The Morgan fingerprint density at radius 2 is 1.55 bits per heavy atom. The summed E-state index contributed by atoms with van der Waals surface area (Å²) >= 11 is 0. The minimum atomic E-state index is -0.172. The van der Waals surface area contributed by atoms with Gasteiger partial charge in [-0.15, -0.1) is 0 Å². The Morgan fingerprint density at radius 3 is 2.30 bits per heavy atom. The van der Waals surface area contributed by atoms with E-state index >= 15 is 0 Å². The molecule has 1 heterocycles. The Bertz CT molecular complexity index is 688. The molecule has 2 heteroatoms. The molecule has 2 nitrogen and oxygen atoms in total. The Morgan fingerprint density at radius 1 is 0.900 bits per heavy atom. The van der Waals surface area contributed by atoms with E-state index in [-0.39, 0.29) is 5.54 Å². The molecule has 1 unspecified atom stereocenters. The van der Waals surface area contributed by atoms with Crippen LogP contribution in [0.2, 0.25) is 0 Å². The first-order valence-electron chi connectivity index (χ1n) is 6.98. The Balaban J connectivity index is 2.31. The maximum atomic E-state index is 4.63. The molecule has 0 radical (unpaired) electrons. The molecule has 0 fully saturated rings. The van der Waals surface area contributed by atoms with Crippen LogP contribution in [0.4, 0.5) is 5.69 Å². The SMILES string of the molecule is Cc1ccccc1C1(C)c2cccc(C)c2N=CN1C. The second kappa shape index (κ2) is 4.48. The summed E-state index contributed by atoms with van der Waals surface area (Å²) in [6.07, 6.45) is 1.95. The molecular formula is C18H20N2. The fourth-order valence-electron chi connectivity index (χ4n) is 3.13. The van der Waals surface area contributed by atoms with Gasteiger partial charge in [0.05, 0.1) is 17.6 Å². The molecule has 1 atom stereocenters. The fourth-order valence-corrected chi connectivity index (χ4v) is 3.13. The first-order chi connectivity index (χ1) is 9.55. The molecule has 0 spiro atoms. The van der Waals surface area contributed by atoms with Gasteiger partial charge in [0.1, 0.15) is 0 Å². The quantitative estimate of drug-likeness (QED) is 0.754. The molecule has 0 amide bonds. The average molecular weight is 264 g/mol. The summed E-state index contributed by atoms with van der Waals surface area (Å²) in [5.41, 5.74) is 6.08. The molecule has 0 saturated heterocycles. The molecule has 2 aromatic rings. The van der Waals surface area contributed by atoms with E-state index < -0.39 is 0 Å². The fraction of sp³-hybridized carbons (Fsp3) is 0.278. The largest absolute Gasteiger partial charge is 0.352 e. The van der Waals surface area contributed by atoms with Crippen molar-refractivity contribution in [3.05, 3.63) is 64.7 Å². The van der Waals surface area contributed by atoms with Crippen molar-refractivity contribution < 1.29 is 0 Å². The van der Waals surface area contributed by atoms with Crippen molar-refractivity contribution in [1.29, 1.82) is 0 Å². The molecule has 3 rings (SSSR count). The monoisotopic (exact) mass is 264 g/mol. The number of fused-ring (bicyclic) bond motifs is 1. The summed E-state index contributed by atoms with van der Waals surface area (Å²) in [6, 6.07) is 15.0. The summed E-state index contributed by atoms with van der Waals surface area (Å²) in [4.78, 5) is 6.83. The lowest BCUT2D eigenvalue weighted by Gasteiger charge is -2.43. The van der Waals surface area contributed by atoms with Gasteiger partial charge in [-0.1, -0.05) is 42.5 Å². The number of para-hydroxylation sites is 1. The molecular weight excluding hydrogens is 244 g/mol. The number of hydrogen-bond acceptors (Lipinski definition) is 2. The number of nitrogens with zero attached hydrogens (tertiary/aromatic N) is 2. The third kappa shape index (κ3) is 1.68. The Kier molecular flexibility index (Phi) is 2.89. The van der Waals surface area contributed by atoms with Crippen molar-refractivity contribution >= 4 is 12.0 Å². The second-order valence-corrected chi connectivity index (χ2v) is 5.71. The van der Waals surface area contributed by atoms with Gasteiger partial charge in [0.15, 0.2) is 0 Å². The van der Waals surface area contributed by atoms with Gasteiger partial charge in [0.25, 0.3) is 0 Å². The van der Waals surface area contributed by atoms with Crippen LogP contribution in [0.1, 0.15) is 29.2 Å². The van der Waals surface area contributed by atoms with Crippen molar-refractivity contribution in [2.45, 2.75) is 26.3 Å². The number of hydrogen-bond donors (Lipinski definition) is 0. The molecule has 0 aromatic heterocycles.